The first-order valence-electron chi connectivity index (χ1n) is 8.96. The Morgan fingerprint density at radius 3 is 2.30 bits per heavy atom. The lowest BCUT2D eigenvalue weighted by atomic mass is 10.1. The van der Waals surface area contributed by atoms with E-state index in [1.54, 1.807) is 11.0 Å². The van der Waals surface area contributed by atoms with Gasteiger partial charge in [-0.05, 0) is 24.6 Å². The fraction of sp³-hybridized carbons (Fsp3) is 0.316. The zero-order valence-corrected chi connectivity index (χ0v) is 15.2. The molecule has 1 aliphatic heterocycles. The molecule has 1 amide bonds. The molecule has 1 aromatic carbocycles. The maximum absolute atomic E-state index is 12.5. The quantitative estimate of drug-likeness (QED) is 0.694. The van der Waals surface area contributed by atoms with Gasteiger partial charge in [-0.2, -0.15) is 5.10 Å². The number of benzene rings is 1. The van der Waals surface area contributed by atoms with Gasteiger partial charge in [0.15, 0.2) is 11.6 Å². The summed E-state index contributed by atoms with van der Waals surface area (Å²) in [4.78, 5) is 20.5. The molecule has 3 heterocycles. The molecule has 0 spiro atoms. The molecule has 2 aromatic heterocycles. The lowest BCUT2D eigenvalue weighted by Gasteiger charge is -2.35. The number of rotatable bonds is 4. The van der Waals surface area contributed by atoms with Gasteiger partial charge in [-0.25, -0.2) is 9.67 Å². The van der Waals surface area contributed by atoms with Crippen molar-refractivity contribution < 1.29 is 4.79 Å². The van der Waals surface area contributed by atoms with Crippen LogP contribution in [0.5, 0.6) is 0 Å². The van der Waals surface area contributed by atoms with E-state index < -0.39 is 0 Å². The summed E-state index contributed by atoms with van der Waals surface area (Å²) in [6.07, 6.45) is 3.50. The van der Waals surface area contributed by atoms with E-state index in [2.05, 4.69) is 25.2 Å². The fourth-order valence-electron chi connectivity index (χ4n) is 3.11. The average Bonchev–Trinajstić information content (AvgIpc) is 3.25. The second-order valence-electron chi connectivity index (χ2n) is 6.62. The molecule has 0 aliphatic carbocycles. The first kappa shape index (κ1) is 17.1. The van der Waals surface area contributed by atoms with Crippen molar-refractivity contribution in [3.8, 4) is 5.82 Å². The number of piperazine rings is 1. The highest BCUT2D eigenvalue weighted by molar-refractivity contribution is 5.79. The molecule has 0 bridgehead atoms. The van der Waals surface area contributed by atoms with Gasteiger partial charge in [0.1, 0.15) is 12.7 Å². The van der Waals surface area contributed by atoms with Crippen LogP contribution in [-0.4, -0.2) is 61.9 Å². The van der Waals surface area contributed by atoms with E-state index in [0.29, 0.717) is 25.3 Å². The molecule has 4 rings (SSSR count). The summed E-state index contributed by atoms with van der Waals surface area (Å²) in [6.45, 7) is 4.93. The minimum Gasteiger partial charge on any atom is -0.352 e. The molecule has 0 atom stereocenters. The molecule has 138 valence electrons. The summed E-state index contributed by atoms with van der Waals surface area (Å²) in [7, 11) is 0. The monoisotopic (exact) mass is 363 g/mol. The molecule has 3 aromatic rings. The average molecular weight is 363 g/mol. The zero-order chi connectivity index (χ0) is 18.6. The highest BCUT2D eigenvalue weighted by atomic mass is 16.2. The summed E-state index contributed by atoms with van der Waals surface area (Å²) >= 11 is 0. The maximum atomic E-state index is 12.5. The third-order valence-corrected chi connectivity index (χ3v) is 4.72. The molecule has 8 heteroatoms. The highest BCUT2D eigenvalue weighted by Gasteiger charge is 2.22. The summed E-state index contributed by atoms with van der Waals surface area (Å²) in [5.74, 6) is 1.61. The van der Waals surface area contributed by atoms with Crippen LogP contribution in [0.4, 0.5) is 5.82 Å². The number of hydrogen-bond donors (Lipinski definition) is 0. The van der Waals surface area contributed by atoms with Gasteiger partial charge in [0, 0.05) is 26.2 Å². The number of amides is 1. The minimum absolute atomic E-state index is 0.172. The van der Waals surface area contributed by atoms with Crippen LogP contribution in [0.3, 0.4) is 0 Å². The summed E-state index contributed by atoms with van der Waals surface area (Å²) in [5, 5.41) is 12.5. The van der Waals surface area contributed by atoms with Gasteiger partial charge < -0.3 is 9.80 Å². The summed E-state index contributed by atoms with van der Waals surface area (Å²) in [6, 6.07) is 11.9. The molecule has 0 radical (unpaired) electrons. The number of aromatic nitrogens is 5. The Bertz CT molecular complexity index is 883. The van der Waals surface area contributed by atoms with Crippen molar-refractivity contribution in [3.63, 3.8) is 0 Å². The lowest BCUT2D eigenvalue weighted by Crippen LogP contribution is -2.49. The Balaban J connectivity index is 1.33. The zero-order valence-electron chi connectivity index (χ0n) is 15.2. The van der Waals surface area contributed by atoms with E-state index in [4.69, 9.17) is 0 Å². The second kappa shape index (κ2) is 7.53. The molecule has 1 fully saturated rings. The van der Waals surface area contributed by atoms with Gasteiger partial charge in [-0.1, -0.05) is 29.8 Å². The van der Waals surface area contributed by atoms with Crippen LogP contribution in [0, 0.1) is 6.92 Å². The normalized spacial score (nSPS) is 14.4. The highest BCUT2D eigenvalue weighted by Crippen LogP contribution is 2.15. The molecule has 8 nitrogen and oxygen atoms in total. The van der Waals surface area contributed by atoms with Gasteiger partial charge in [0.2, 0.25) is 5.91 Å². The van der Waals surface area contributed by atoms with Gasteiger partial charge >= 0.3 is 0 Å². The molecule has 0 N–H and O–H groups in total. The predicted molar refractivity (Wildman–Crippen MR) is 101 cm³/mol. The molecule has 0 unspecified atom stereocenters. The Morgan fingerprint density at radius 1 is 0.963 bits per heavy atom. The number of carbonyl (C=O) groups excluding carboxylic acids is 1. The molecule has 0 saturated carbocycles. The van der Waals surface area contributed by atoms with Gasteiger partial charge in [0.25, 0.3) is 0 Å². The van der Waals surface area contributed by atoms with E-state index in [0.717, 1.165) is 24.5 Å². The largest absolute Gasteiger partial charge is 0.352 e. The number of nitrogens with zero attached hydrogens (tertiary/aromatic N) is 7. The van der Waals surface area contributed by atoms with Crippen LogP contribution < -0.4 is 4.90 Å². The lowest BCUT2D eigenvalue weighted by molar-refractivity contribution is -0.130. The van der Waals surface area contributed by atoms with Gasteiger partial charge in [0.05, 0.1) is 6.42 Å². The van der Waals surface area contributed by atoms with Gasteiger partial charge in [-0.15, -0.1) is 10.2 Å². The fourth-order valence-corrected chi connectivity index (χ4v) is 3.11. The van der Waals surface area contributed by atoms with Gasteiger partial charge in [-0.3, -0.25) is 4.79 Å². The van der Waals surface area contributed by atoms with E-state index >= 15 is 0 Å². The van der Waals surface area contributed by atoms with Crippen LogP contribution in [0.15, 0.2) is 49.1 Å². The van der Waals surface area contributed by atoms with Crippen LogP contribution in [0.2, 0.25) is 0 Å². The predicted octanol–water partition coefficient (Wildman–Crippen LogP) is 1.26. The van der Waals surface area contributed by atoms with Crippen LogP contribution in [-0.2, 0) is 11.2 Å². The Hall–Kier alpha value is -3.29. The smallest absolute Gasteiger partial charge is 0.227 e. The SMILES string of the molecule is Cc1ccc(CC(=O)N2CCN(c3ccc(-n4cncn4)nn3)CC2)cc1. The maximum Gasteiger partial charge on any atom is 0.227 e. The molecule has 1 saturated heterocycles. The standard InChI is InChI=1S/C19H21N7O/c1-15-2-4-16(5-3-15)12-19(27)25-10-8-24(9-11-25)17-6-7-18(23-22-17)26-14-20-13-21-26/h2-7,13-14H,8-12H2,1H3. The topological polar surface area (TPSA) is 80.0 Å². The van der Waals surface area contributed by atoms with E-state index in [1.165, 1.54) is 11.9 Å². The number of carbonyl (C=O) groups is 1. The van der Waals surface area contributed by atoms with E-state index in [1.807, 2.05) is 48.2 Å². The van der Waals surface area contributed by atoms with Crippen molar-refractivity contribution in [2.45, 2.75) is 13.3 Å². The van der Waals surface area contributed by atoms with Crippen molar-refractivity contribution >= 4 is 11.7 Å². The van der Waals surface area contributed by atoms with Crippen molar-refractivity contribution in [1.82, 2.24) is 29.9 Å². The van der Waals surface area contributed by atoms with Crippen molar-refractivity contribution in [3.05, 3.63) is 60.2 Å². The van der Waals surface area contributed by atoms with Crippen molar-refractivity contribution in [2.75, 3.05) is 31.1 Å². The first-order valence-corrected chi connectivity index (χ1v) is 8.96. The summed E-state index contributed by atoms with van der Waals surface area (Å²) in [5.41, 5.74) is 2.26. The van der Waals surface area contributed by atoms with Crippen LogP contribution >= 0.6 is 0 Å². The number of anilines is 1. The third-order valence-electron chi connectivity index (χ3n) is 4.72. The summed E-state index contributed by atoms with van der Waals surface area (Å²) < 4.78 is 1.57. The molecular formula is C19H21N7O. The minimum atomic E-state index is 0.172. The Labute approximate surface area is 157 Å². The van der Waals surface area contributed by atoms with E-state index in [-0.39, 0.29) is 5.91 Å². The third kappa shape index (κ3) is 3.94. The van der Waals surface area contributed by atoms with Crippen LogP contribution in [0.1, 0.15) is 11.1 Å². The molecule has 27 heavy (non-hydrogen) atoms. The Morgan fingerprint density at radius 2 is 1.67 bits per heavy atom. The molecular weight excluding hydrogens is 342 g/mol. The Kier molecular flexibility index (Phi) is 4.78. The van der Waals surface area contributed by atoms with Crippen molar-refractivity contribution in [2.24, 2.45) is 0 Å². The number of aryl methyl sites for hydroxylation is 1. The van der Waals surface area contributed by atoms with E-state index in [9.17, 15) is 4.79 Å². The first-order chi connectivity index (χ1) is 13.2. The van der Waals surface area contributed by atoms with Crippen LogP contribution in [0.25, 0.3) is 5.82 Å². The van der Waals surface area contributed by atoms with Crippen molar-refractivity contribution in [1.29, 1.82) is 0 Å². The number of hydrogen-bond acceptors (Lipinski definition) is 6. The molecule has 1 aliphatic rings. The second-order valence-corrected chi connectivity index (χ2v) is 6.62.